The predicted octanol–water partition coefficient (Wildman–Crippen LogP) is 3.80. The van der Waals surface area contributed by atoms with Crippen molar-refractivity contribution in [2.75, 3.05) is 11.9 Å². The standard InChI is InChI=1S/C14H20ClFN2O2/c1-9(8-17-13(19)20-14(2,3)4)18-12-6-5-10(15)7-11(12)16/h5-7,9,18H,8H2,1-4H3,(H,17,19). The Balaban J connectivity index is 2.44. The van der Waals surface area contributed by atoms with Crippen LogP contribution in [0.3, 0.4) is 0 Å². The third kappa shape index (κ3) is 6.10. The van der Waals surface area contributed by atoms with Crippen LogP contribution in [0.1, 0.15) is 27.7 Å². The minimum absolute atomic E-state index is 0.154. The largest absolute Gasteiger partial charge is 0.444 e. The van der Waals surface area contributed by atoms with Crippen LogP contribution in [0.25, 0.3) is 0 Å². The van der Waals surface area contributed by atoms with Crippen LogP contribution in [0.4, 0.5) is 14.9 Å². The second-order valence-electron chi connectivity index (χ2n) is 5.55. The topological polar surface area (TPSA) is 50.4 Å². The normalized spacial score (nSPS) is 12.7. The maximum Gasteiger partial charge on any atom is 0.407 e. The Morgan fingerprint density at radius 3 is 2.65 bits per heavy atom. The molecule has 112 valence electrons. The summed E-state index contributed by atoms with van der Waals surface area (Å²) < 4.78 is 18.7. The first-order chi connectivity index (χ1) is 9.17. The highest BCUT2D eigenvalue weighted by Gasteiger charge is 2.16. The van der Waals surface area contributed by atoms with Gasteiger partial charge in [0.2, 0.25) is 0 Å². The van der Waals surface area contributed by atoms with Gasteiger partial charge in [-0.25, -0.2) is 9.18 Å². The molecule has 0 radical (unpaired) electrons. The molecule has 1 rings (SSSR count). The fourth-order valence-corrected chi connectivity index (χ4v) is 1.63. The Bertz CT molecular complexity index is 475. The van der Waals surface area contributed by atoms with Gasteiger partial charge in [-0.2, -0.15) is 0 Å². The molecule has 4 nitrogen and oxygen atoms in total. The molecule has 2 N–H and O–H groups in total. The zero-order chi connectivity index (χ0) is 15.3. The van der Waals surface area contributed by atoms with E-state index in [4.69, 9.17) is 16.3 Å². The van der Waals surface area contributed by atoms with Gasteiger partial charge in [-0.05, 0) is 45.9 Å². The summed E-state index contributed by atoms with van der Waals surface area (Å²) in [6, 6.07) is 4.23. The van der Waals surface area contributed by atoms with Crippen molar-refractivity contribution in [1.82, 2.24) is 5.32 Å². The molecular formula is C14H20ClFN2O2. The van der Waals surface area contributed by atoms with Crippen LogP contribution in [-0.4, -0.2) is 24.3 Å². The molecule has 20 heavy (non-hydrogen) atoms. The van der Waals surface area contributed by atoms with Gasteiger partial charge in [-0.3, -0.25) is 0 Å². The van der Waals surface area contributed by atoms with Crippen molar-refractivity contribution in [3.63, 3.8) is 0 Å². The van der Waals surface area contributed by atoms with Crippen molar-refractivity contribution < 1.29 is 13.9 Å². The Labute approximate surface area is 123 Å². The lowest BCUT2D eigenvalue weighted by Gasteiger charge is -2.21. The van der Waals surface area contributed by atoms with E-state index in [0.29, 0.717) is 17.3 Å². The van der Waals surface area contributed by atoms with Gasteiger partial charge in [0, 0.05) is 17.6 Å². The summed E-state index contributed by atoms with van der Waals surface area (Å²) in [6.07, 6.45) is -0.497. The van der Waals surface area contributed by atoms with E-state index in [1.807, 2.05) is 6.92 Å². The van der Waals surface area contributed by atoms with Crippen molar-refractivity contribution in [2.45, 2.75) is 39.3 Å². The van der Waals surface area contributed by atoms with Crippen LogP contribution in [0.2, 0.25) is 5.02 Å². The first-order valence-electron chi connectivity index (χ1n) is 6.36. The molecule has 1 unspecified atom stereocenters. The maximum atomic E-state index is 13.6. The van der Waals surface area contributed by atoms with Crippen molar-refractivity contribution in [3.8, 4) is 0 Å². The average Bonchev–Trinajstić information content (AvgIpc) is 2.28. The van der Waals surface area contributed by atoms with Crippen LogP contribution in [0.15, 0.2) is 18.2 Å². The van der Waals surface area contributed by atoms with Crippen LogP contribution >= 0.6 is 11.6 Å². The van der Waals surface area contributed by atoms with E-state index in [-0.39, 0.29) is 6.04 Å². The molecule has 0 bridgehead atoms. The quantitative estimate of drug-likeness (QED) is 0.889. The summed E-state index contributed by atoms with van der Waals surface area (Å²) in [7, 11) is 0. The lowest BCUT2D eigenvalue weighted by Crippen LogP contribution is -2.38. The monoisotopic (exact) mass is 302 g/mol. The van der Waals surface area contributed by atoms with Crippen molar-refractivity contribution in [3.05, 3.63) is 29.0 Å². The highest BCUT2D eigenvalue weighted by molar-refractivity contribution is 6.30. The molecule has 0 spiro atoms. The van der Waals surface area contributed by atoms with Crippen LogP contribution < -0.4 is 10.6 Å². The highest BCUT2D eigenvalue weighted by Crippen LogP contribution is 2.19. The molecule has 1 atom stereocenters. The van der Waals surface area contributed by atoms with E-state index in [1.54, 1.807) is 32.9 Å². The molecule has 0 saturated heterocycles. The third-order valence-corrected chi connectivity index (χ3v) is 2.52. The number of hydrogen-bond donors (Lipinski definition) is 2. The van der Waals surface area contributed by atoms with Gasteiger partial charge in [0.25, 0.3) is 0 Å². The molecule has 1 aromatic carbocycles. The van der Waals surface area contributed by atoms with Gasteiger partial charge >= 0.3 is 6.09 Å². The van der Waals surface area contributed by atoms with E-state index in [2.05, 4.69) is 10.6 Å². The average molecular weight is 303 g/mol. The summed E-state index contributed by atoms with van der Waals surface area (Å²) in [5.74, 6) is -0.429. The number of halogens is 2. The Hall–Kier alpha value is -1.49. The molecule has 1 aromatic rings. The highest BCUT2D eigenvalue weighted by atomic mass is 35.5. The first kappa shape index (κ1) is 16.6. The number of amides is 1. The number of carbonyl (C=O) groups is 1. The number of alkyl carbamates (subject to hydrolysis) is 1. The van der Waals surface area contributed by atoms with Crippen LogP contribution in [0, 0.1) is 5.82 Å². The SMILES string of the molecule is CC(CNC(=O)OC(C)(C)C)Nc1ccc(Cl)cc1F. The molecule has 6 heteroatoms. The van der Waals surface area contributed by atoms with Crippen LogP contribution in [0.5, 0.6) is 0 Å². The van der Waals surface area contributed by atoms with Crippen molar-refractivity contribution in [2.24, 2.45) is 0 Å². The Morgan fingerprint density at radius 2 is 2.10 bits per heavy atom. The summed E-state index contributed by atoms with van der Waals surface area (Å²) in [6.45, 7) is 7.51. The van der Waals surface area contributed by atoms with Gasteiger partial charge in [0.05, 0.1) is 5.69 Å². The number of ether oxygens (including phenoxy) is 1. The zero-order valence-corrected chi connectivity index (χ0v) is 12.8. The van der Waals surface area contributed by atoms with E-state index in [0.717, 1.165) is 0 Å². The van der Waals surface area contributed by atoms with Crippen LogP contribution in [-0.2, 0) is 4.74 Å². The van der Waals surface area contributed by atoms with E-state index in [9.17, 15) is 9.18 Å². The predicted molar refractivity (Wildman–Crippen MR) is 78.7 cm³/mol. The molecular weight excluding hydrogens is 283 g/mol. The maximum absolute atomic E-state index is 13.6. The van der Waals surface area contributed by atoms with Gasteiger partial charge in [-0.1, -0.05) is 11.6 Å². The van der Waals surface area contributed by atoms with E-state index in [1.165, 1.54) is 6.07 Å². The Morgan fingerprint density at radius 1 is 1.45 bits per heavy atom. The van der Waals surface area contributed by atoms with E-state index < -0.39 is 17.5 Å². The molecule has 0 aliphatic rings. The minimum atomic E-state index is -0.539. The molecule has 0 fully saturated rings. The molecule has 0 aliphatic heterocycles. The molecule has 0 aromatic heterocycles. The smallest absolute Gasteiger partial charge is 0.407 e. The molecule has 0 heterocycles. The fraction of sp³-hybridized carbons (Fsp3) is 0.500. The summed E-state index contributed by atoms with van der Waals surface area (Å²) >= 11 is 5.68. The first-order valence-corrected chi connectivity index (χ1v) is 6.73. The zero-order valence-electron chi connectivity index (χ0n) is 12.1. The second kappa shape index (κ2) is 6.79. The number of anilines is 1. The van der Waals surface area contributed by atoms with Gasteiger partial charge in [-0.15, -0.1) is 0 Å². The Kier molecular flexibility index (Phi) is 5.62. The third-order valence-electron chi connectivity index (χ3n) is 2.28. The molecule has 1 amide bonds. The van der Waals surface area contributed by atoms with Gasteiger partial charge in [0.1, 0.15) is 11.4 Å². The van der Waals surface area contributed by atoms with Gasteiger partial charge < -0.3 is 15.4 Å². The molecule has 0 saturated carbocycles. The number of nitrogens with one attached hydrogen (secondary N) is 2. The number of hydrogen-bond acceptors (Lipinski definition) is 3. The minimum Gasteiger partial charge on any atom is -0.444 e. The summed E-state index contributed by atoms with van der Waals surface area (Å²) in [5.41, 5.74) is -0.198. The summed E-state index contributed by atoms with van der Waals surface area (Å²) in [4.78, 5) is 11.5. The lowest BCUT2D eigenvalue weighted by atomic mass is 10.2. The number of benzene rings is 1. The summed E-state index contributed by atoms with van der Waals surface area (Å²) in [5, 5.41) is 5.91. The second-order valence-corrected chi connectivity index (χ2v) is 5.99. The van der Waals surface area contributed by atoms with Crippen molar-refractivity contribution >= 4 is 23.4 Å². The molecule has 0 aliphatic carbocycles. The van der Waals surface area contributed by atoms with E-state index >= 15 is 0 Å². The number of carbonyl (C=O) groups excluding carboxylic acids is 1. The fourth-order valence-electron chi connectivity index (χ4n) is 1.47. The van der Waals surface area contributed by atoms with Crippen molar-refractivity contribution in [1.29, 1.82) is 0 Å². The van der Waals surface area contributed by atoms with Gasteiger partial charge in [0.15, 0.2) is 0 Å². The lowest BCUT2D eigenvalue weighted by molar-refractivity contribution is 0.0526. The number of rotatable bonds is 4.